The lowest BCUT2D eigenvalue weighted by Gasteiger charge is -2.18. The lowest BCUT2D eigenvalue weighted by atomic mass is 10.0. The molecule has 28 heavy (non-hydrogen) atoms. The van der Waals surface area contributed by atoms with E-state index in [-0.39, 0.29) is 24.2 Å². The average molecular weight is 413 g/mol. The number of benzene rings is 1. The third-order valence-electron chi connectivity index (χ3n) is 4.15. The lowest BCUT2D eigenvalue weighted by molar-refractivity contribution is -0.121. The minimum absolute atomic E-state index is 0.141. The molecule has 0 bridgehead atoms. The number of hydrogen-bond donors (Lipinski definition) is 1. The van der Waals surface area contributed by atoms with Gasteiger partial charge in [-0.2, -0.15) is 16.3 Å². The van der Waals surface area contributed by atoms with E-state index in [9.17, 15) is 9.18 Å². The van der Waals surface area contributed by atoms with Crippen molar-refractivity contribution in [3.63, 3.8) is 0 Å². The van der Waals surface area contributed by atoms with E-state index in [4.69, 9.17) is 4.52 Å². The number of amides is 1. The molecule has 0 unspecified atom stereocenters. The van der Waals surface area contributed by atoms with Crippen molar-refractivity contribution in [2.24, 2.45) is 0 Å². The van der Waals surface area contributed by atoms with Crippen molar-refractivity contribution < 1.29 is 13.7 Å². The third-order valence-corrected chi connectivity index (χ3v) is 5.77. The zero-order chi connectivity index (χ0) is 19.3. The maximum Gasteiger partial charge on any atom is 0.227 e. The van der Waals surface area contributed by atoms with Gasteiger partial charge in [-0.1, -0.05) is 23.4 Å². The van der Waals surface area contributed by atoms with Crippen LogP contribution < -0.4 is 5.32 Å². The summed E-state index contributed by atoms with van der Waals surface area (Å²) in [5, 5.41) is 12.8. The van der Waals surface area contributed by atoms with Crippen LogP contribution in [-0.4, -0.2) is 16.0 Å². The largest absolute Gasteiger partial charge is 0.344 e. The Labute approximate surface area is 168 Å². The van der Waals surface area contributed by atoms with Crippen LogP contribution >= 0.6 is 22.7 Å². The molecule has 5 nitrogen and oxygen atoms in total. The summed E-state index contributed by atoms with van der Waals surface area (Å²) in [5.41, 5.74) is 1.73. The maximum atomic E-state index is 13.3. The molecule has 0 radical (unpaired) electrons. The van der Waals surface area contributed by atoms with Crippen molar-refractivity contribution in [3.8, 4) is 11.4 Å². The quantitative estimate of drug-likeness (QED) is 0.471. The van der Waals surface area contributed by atoms with Crippen LogP contribution in [0.1, 0.15) is 28.8 Å². The molecule has 0 aliphatic carbocycles. The molecule has 8 heteroatoms. The Balaban J connectivity index is 1.41. The Morgan fingerprint density at radius 2 is 2.04 bits per heavy atom. The van der Waals surface area contributed by atoms with E-state index in [0.717, 1.165) is 16.0 Å². The number of nitrogens with zero attached hydrogens (tertiary/aromatic N) is 2. The van der Waals surface area contributed by atoms with Crippen molar-refractivity contribution >= 4 is 28.6 Å². The van der Waals surface area contributed by atoms with Gasteiger partial charge in [-0.05, 0) is 40.6 Å². The van der Waals surface area contributed by atoms with E-state index < -0.39 is 0 Å². The second kappa shape index (κ2) is 8.45. The van der Waals surface area contributed by atoms with E-state index in [1.807, 2.05) is 34.3 Å². The lowest BCUT2D eigenvalue weighted by Crippen LogP contribution is -2.29. The molecule has 1 N–H and O–H groups in total. The maximum absolute atomic E-state index is 13.3. The fourth-order valence-electron chi connectivity index (χ4n) is 2.75. The van der Waals surface area contributed by atoms with Crippen LogP contribution in [0, 0.1) is 5.82 Å². The van der Waals surface area contributed by atoms with Gasteiger partial charge in [-0.3, -0.25) is 4.79 Å². The molecule has 142 valence electrons. The number of halogens is 1. The van der Waals surface area contributed by atoms with E-state index in [1.165, 1.54) is 23.5 Å². The van der Waals surface area contributed by atoms with Gasteiger partial charge in [0, 0.05) is 28.7 Å². The molecular formula is C20H16FN3O2S2. The molecule has 4 aromatic rings. The Kier molecular flexibility index (Phi) is 5.59. The van der Waals surface area contributed by atoms with Crippen LogP contribution in [-0.2, 0) is 11.2 Å². The molecule has 1 aromatic carbocycles. The summed E-state index contributed by atoms with van der Waals surface area (Å²) in [6, 6.07) is 11.6. The van der Waals surface area contributed by atoms with Gasteiger partial charge in [0.15, 0.2) is 0 Å². The number of nitrogens with one attached hydrogen (secondary N) is 1. The highest BCUT2D eigenvalue weighted by molar-refractivity contribution is 7.10. The average Bonchev–Trinajstić information content (AvgIpc) is 3.47. The number of thiophene rings is 2. The molecule has 0 aliphatic heterocycles. The van der Waals surface area contributed by atoms with Gasteiger partial charge in [-0.15, -0.1) is 11.3 Å². The summed E-state index contributed by atoms with van der Waals surface area (Å²) in [7, 11) is 0. The molecule has 0 saturated heterocycles. The Morgan fingerprint density at radius 3 is 2.75 bits per heavy atom. The molecule has 0 fully saturated rings. The normalized spacial score (nSPS) is 12.0. The number of rotatable bonds is 7. The molecule has 3 heterocycles. The van der Waals surface area contributed by atoms with Crippen LogP contribution in [0.15, 0.2) is 63.1 Å². The van der Waals surface area contributed by atoms with Crippen molar-refractivity contribution in [2.45, 2.75) is 18.9 Å². The van der Waals surface area contributed by atoms with Crippen molar-refractivity contribution in [1.82, 2.24) is 15.5 Å². The van der Waals surface area contributed by atoms with Crippen LogP contribution in [0.5, 0.6) is 0 Å². The number of aromatic nitrogens is 2. The first-order valence-electron chi connectivity index (χ1n) is 8.62. The van der Waals surface area contributed by atoms with Gasteiger partial charge in [0.05, 0.1) is 6.04 Å². The van der Waals surface area contributed by atoms with E-state index in [1.54, 1.807) is 23.5 Å². The molecule has 4 rings (SSSR count). The van der Waals surface area contributed by atoms with Crippen LogP contribution in [0.25, 0.3) is 11.4 Å². The van der Waals surface area contributed by atoms with E-state index in [2.05, 4.69) is 15.5 Å². The smallest absolute Gasteiger partial charge is 0.227 e. The fraction of sp³-hybridized carbons (Fsp3) is 0.150. The second-order valence-electron chi connectivity index (χ2n) is 6.09. The number of hydrogen-bond acceptors (Lipinski definition) is 6. The zero-order valence-corrected chi connectivity index (χ0v) is 16.3. The highest BCUT2D eigenvalue weighted by atomic mass is 32.1. The summed E-state index contributed by atoms with van der Waals surface area (Å²) in [6.45, 7) is 0. The third kappa shape index (κ3) is 4.35. The SMILES string of the molecule is O=C(CCc1nc(-c2ccsc2)no1)N[C@H](c1ccc(F)cc1)c1cccs1. The van der Waals surface area contributed by atoms with Crippen LogP contribution in [0.4, 0.5) is 4.39 Å². The Morgan fingerprint density at radius 1 is 1.18 bits per heavy atom. The van der Waals surface area contributed by atoms with Gasteiger partial charge >= 0.3 is 0 Å². The van der Waals surface area contributed by atoms with Gasteiger partial charge < -0.3 is 9.84 Å². The Bertz CT molecular complexity index is 1030. The standard InChI is InChI=1S/C20H16FN3O2S2/c21-15-5-3-13(4-6-15)19(16-2-1-10-28-16)22-17(25)7-8-18-23-20(24-26-18)14-9-11-27-12-14/h1-6,9-12,19H,7-8H2,(H,22,25)/t19-/m1/s1. The first-order chi connectivity index (χ1) is 13.7. The first-order valence-corrected chi connectivity index (χ1v) is 10.4. The van der Waals surface area contributed by atoms with Crippen molar-refractivity contribution in [2.75, 3.05) is 0 Å². The number of aryl methyl sites for hydroxylation is 1. The number of carbonyl (C=O) groups excluding carboxylic acids is 1. The van der Waals surface area contributed by atoms with Gasteiger partial charge in [0.25, 0.3) is 0 Å². The topological polar surface area (TPSA) is 68.0 Å². The minimum atomic E-state index is -0.322. The van der Waals surface area contributed by atoms with E-state index in [0.29, 0.717) is 18.1 Å². The van der Waals surface area contributed by atoms with Crippen LogP contribution in [0.3, 0.4) is 0 Å². The first kappa shape index (κ1) is 18.5. The molecule has 0 aliphatic rings. The predicted octanol–water partition coefficient (Wildman–Crippen LogP) is 4.84. The molecule has 1 amide bonds. The molecule has 1 atom stereocenters. The molecular weight excluding hydrogens is 397 g/mol. The predicted molar refractivity (Wildman–Crippen MR) is 107 cm³/mol. The van der Waals surface area contributed by atoms with Crippen molar-refractivity contribution in [1.29, 1.82) is 0 Å². The highest BCUT2D eigenvalue weighted by Crippen LogP contribution is 2.26. The highest BCUT2D eigenvalue weighted by Gasteiger charge is 2.19. The fourth-order valence-corrected chi connectivity index (χ4v) is 4.19. The summed E-state index contributed by atoms with van der Waals surface area (Å²) in [5.74, 6) is 0.501. The molecule has 0 spiro atoms. The number of carbonyl (C=O) groups is 1. The monoisotopic (exact) mass is 413 g/mol. The van der Waals surface area contributed by atoms with Gasteiger partial charge in [-0.25, -0.2) is 4.39 Å². The minimum Gasteiger partial charge on any atom is -0.344 e. The summed E-state index contributed by atoms with van der Waals surface area (Å²) >= 11 is 3.10. The van der Waals surface area contributed by atoms with Gasteiger partial charge in [0.1, 0.15) is 5.82 Å². The van der Waals surface area contributed by atoms with E-state index >= 15 is 0 Å². The van der Waals surface area contributed by atoms with Gasteiger partial charge in [0.2, 0.25) is 17.6 Å². The molecule has 3 aromatic heterocycles. The van der Waals surface area contributed by atoms with Crippen molar-refractivity contribution in [3.05, 3.63) is 80.8 Å². The summed E-state index contributed by atoms with van der Waals surface area (Å²) in [4.78, 5) is 17.8. The Hall–Kier alpha value is -2.84. The zero-order valence-electron chi connectivity index (χ0n) is 14.7. The van der Waals surface area contributed by atoms with Crippen LogP contribution in [0.2, 0.25) is 0 Å². The molecule has 0 saturated carbocycles. The second-order valence-corrected chi connectivity index (χ2v) is 7.85. The summed E-state index contributed by atoms with van der Waals surface area (Å²) < 4.78 is 18.5. The summed E-state index contributed by atoms with van der Waals surface area (Å²) in [6.07, 6.45) is 0.567.